The van der Waals surface area contributed by atoms with Gasteiger partial charge in [0.05, 0.1) is 10.0 Å². The zero-order chi connectivity index (χ0) is 12.3. The van der Waals surface area contributed by atoms with Crippen LogP contribution >= 0.6 is 23.2 Å². The van der Waals surface area contributed by atoms with Crippen molar-refractivity contribution in [1.82, 2.24) is 0 Å². The van der Waals surface area contributed by atoms with Crippen LogP contribution in [0.2, 0.25) is 10.0 Å². The lowest BCUT2D eigenvalue weighted by molar-refractivity contribution is -0.121. The lowest BCUT2D eigenvalue weighted by atomic mass is 10.0. The summed E-state index contributed by atoms with van der Waals surface area (Å²) in [6, 6.07) is 3.98. The summed E-state index contributed by atoms with van der Waals surface area (Å²) in [5, 5.41) is 0.430. The molecule has 1 atom stereocenters. The Bertz CT molecular complexity index is 432. The molecule has 0 aromatic heterocycles. The summed E-state index contributed by atoms with van der Waals surface area (Å²) in [5.74, 6) is -1.62. The third-order valence-corrected chi connectivity index (χ3v) is 2.80. The quantitative estimate of drug-likeness (QED) is 0.615. The standard InChI is InChI=1S/C11H9Cl2FO2/c1-2-9(15)10(14)11(16)6-3-4-7(12)8(13)5-6/h3-5,10H,2H2,1H3. The molecule has 0 aliphatic heterocycles. The van der Waals surface area contributed by atoms with Gasteiger partial charge in [0.15, 0.2) is 5.78 Å². The van der Waals surface area contributed by atoms with Crippen LogP contribution in [0.25, 0.3) is 0 Å². The minimum absolute atomic E-state index is 0.0196. The zero-order valence-electron chi connectivity index (χ0n) is 8.47. The lowest BCUT2D eigenvalue weighted by Crippen LogP contribution is -2.25. The van der Waals surface area contributed by atoms with Gasteiger partial charge < -0.3 is 0 Å². The number of ketones is 2. The van der Waals surface area contributed by atoms with Gasteiger partial charge in [-0.25, -0.2) is 4.39 Å². The fourth-order valence-corrected chi connectivity index (χ4v) is 1.42. The molecule has 86 valence electrons. The number of carbonyl (C=O) groups excluding carboxylic acids is 2. The summed E-state index contributed by atoms with van der Waals surface area (Å²) >= 11 is 11.3. The molecule has 0 heterocycles. The van der Waals surface area contributed by atoms with Crippen LogP contribution in [0.4, 0.5) is 4.39 Å². The van der Waals surface area contributed by atoms with Gasteiger partial charge in [0.1, 0.15) is 0 Å². The van der Waals surface area contributed by atoms with E-state index in [2.05, 4.69) is 0 Å². The number of rotatable bonds is 4. The Kier molecular flexibility index (Phi) is 4.44. The lowest BCUT2D eigenvalue weighted by Gasteiger charge is -2.05. The molecular formula is C11H9Cl2FO2. The smallest absolute Gasteiger partial charge is 0.220 e. The Balaban J connectivity index is 2.97. The second kappa shape index (κ2) is 5.41. The van der Waals surface area contributed by atoms with Crippen LogP contribution in [0.5, 0.6) is 0 Å². The molecule has 5 heteroatoms. The van der Waals surface area contributed by atoms with Gasteiger partial charge in [0, 0.05) is 12.0 Å². The highest BCUT2D eigenvalue weighted by atomic mass is 35.5. The average molecular weight is 263 g/mol. The number of Topliss-reactive ketones (excluding diaryl/α,β-unsaturated/α-hetero) is 2. The number of alkyl halides is 1. The minimum atomic E-state index is -2.12. The van der Waals surface area contributed by atoms with Crippen LogP contribution in [0.3, 0.4) is 0 Å². The normalized spacial score (nSPS) is 12.2. The van der Waals surface area contributed by atoms with Crippen molar-refractivity contribution >= 4 is 34.8 Å². The number of hydrogen-bond donors (Lipinski definition) is 0. The van der Waals surface area contributed by atoms with Crippen molar-refractivity contribution in [2.24, 2.45) is 0 Å². The predicted octanol–water partition coefficient (Wildman–Crippen LogP) is 3.49. The van der Waals surface area contributed by atoms with Crippen molar-refractivity contribution in [3.63, 3.8) is 0 Å². The second-order valence-electron chi connectivity index (χ2n) is 3.18. The van der Waals surface area contributed by atoms with Gasteiger partial charge >= 0.3 is 0 Å². The van der Waals surface area contributed by atoms with Crippen molar-refractivity contribution in [1.29, 1.82) is 0 Å². The molecule has 0 saturated carbocycles. The maximum Gasteiger partial charge on any atom is 0.220 e. The molecule has 0 aliphatic carbocycles. The van der Waals surface area contributed by atoms with Crippen LogP contribution in [-0.2, 0) is 4.79 Å². The molecule has 0 fully saturated rings. The Labute approximate surface area is 102 Å². The second-order valence-corrected chi connectivity index (χ2v) is 3.99. The van der Waals surface area contributed by atoms with Crippen molar-refractivity contribution in [3.8, 4) is 0 Å². The molecule has 1 aromatic carbocycles. The van der Waals surface area contributed by atoms with E-state index >= 15 is 0 Å². The largest absolute Gasteiger partial charge is 0.296 e. The first-order valence-electron chi connectivity index (χ1n) is 4.63. The number of carbonyl (C=O) groups is 2. The van der Waals surface area contributed by atoms with Gasteiger partial charge in [-0.2, -0.15) is 0 Å². The fourth-order valence-electron chi connectivity index (χ4n) is 1.12. The first-order valence-corrected chi connectivity index (χ1v) is 5.39. The molecular weight excluding hydrogens is 254 g/mol. The minimum Gasteiger partial charge on any atom is -0.296 e. The first-order chi connectivity index (χ1) is 7.47. The number of halogens is 3. The van der Waals surface area contributed by atoms with Crippen molar-refractivity contribution < 1.29 is 14.0 Å². The molecule has 1 aromatic rings. The third kappa shape index (κ3) is 2.80. The third-order valence-electron chi connectivity index (χ3n) is 2.07. The van der Waals surface area contributed by atoms with E-state index in [9.17, 15) is 14.0 Å². The van der Waals surface area contributed by atoms with Crippen LogP contribution in [0.1, 0.15) is 23.7 Å². The Hall–Kier alpha value is -0.930. The van der Waals surface area contributed by atoms with Crippen LogP contribution < -0.4 is 0 Å². The van der Waals surface area contributed by atoms with Gasteiger partial charge in [-0.05, 0) is 18.2 Å². The van der Waals surface area contributed by atoms with Gasteiger partial charge in [-0.1, -0.05) is 30.1 Å². The predicted molar refractivity (Wildman–Crippen MR) is 61.0 cm³/mol. The summed E-state index contributed by atoms with van der Waals surface area (Å²) in [6.07, 6.45) is -2.14. The molecule has 0 bridgehead atoms. The maximum absolute atomic E-state index is 13.3. The molecule has 0 radical (unpaired) electrons. The Morgan fingerprint density at radius 1 is 1.31 bits per heavy atom. The molecule has 16 heavy (non-hydrogen) atoms. The van der Waals surface area contributed by atoms with E-state index in [1.165, 1.54) is 25.1 Å². The first kappa shape index (κ1) is 13.1. The monoisotopic (exact) mass is 262 g/mol. The topological polar surface area (TPSA) is 34.1 Å². The number of hydrogen-bond acceptors (Lipinski definition) is 2. The van der Waals surface area contributed by atoms with Gasteiger partial charge in [-0.15, -0.1) is 0 Å². The van der Waals surface area contributed by atoms with Crippen molar-refractivity contribution in [2.45, 2.75) is 19.5 Å². The SMILES string of the molecule is CCC(=O)C(F)C(=O)c1ccc(Cl)c(Cl)c1. The molecule has 1 unspecified atom stereocenters. The van der Waals surface area contributed by atoms with E-state index in [0.717, 1.165) is 0 Å². The van der Waals surface area contributed by atoms with Crippen molar-refractivity contribution in [3.05, 3.63) is 33.8 Å². The molecule has 0 spiro atoms. The Morgan fingerprint density at radius 2 is 1.94 bits per heavy atom. The molecule has 0 N–H and O–H groups in total. The highest BCUT2D eigenvalue weighted by Crippen LogP contribution is 2.23. The van der Waals surface area contributed by atoms with E-state index < -0.39 is 17.7 Å². The van der Waals surface area contributed by atoms with E-state index in [-0.39, 0.29) is 22.0 Å². The van der Waals surface area contributed by atoms with E-state index in [1.54, 1.807) is 0 Å². The van der Waals surface area contributed by atoms with Crippen LogP contribution in [-0.4, -0.2) is 17.7 Å². The summed E-state index contributed by atoms with van der Waals surface area (Å²) in [7, 11) is 0. The summed E-state index contributed by atoms with van der Waals surface area (Å²) in [6.45, 7) is 1.50. The van der Waals surface area contributed by atoms with E-state index in [4.69, 9.17) is 23.2 Å². The van der Waals surface area contributed by atoms with Gasteiger partial charge in [-0.3, -0.25) is 9.59 Å². The van der Waals surface area contributed by atoms with Crippen molar-refractivity contribution in [2.75, 3.05) is 0 Å². The van der Waals surface area contributed by atoms with Crippen LogP contribution in [0, 0.1) is 0 Å². The van der Waals surface area contributed by atoms with Gasteiger partial charge in [0.2, 0.25) is 12.0 Å². The zero-order valence-corrected chi connectivity index (χ0v) is 9.98. The highest BCUT2D eigenvalue weighted by molar-refractivity contribution is 6.42. The summed E-state index contributed by atoms with van der Waals surface area (Å²) < 4.78 is 13.3. The number of benzene rings is 1. The Morgan fingerprint density at radius 3 is 2.44 bits per heavy atom. The molecule has 0 aliphatic rings. The molecule has 2 nitrogen and oxygen atoms in total. The molecule has 0 saturated heterocycles. The van der Waals surface area contributed by atoms with Gasteiger partial charge in [0.25, 0.3) is 0 Å². The molecule has 0 amide bonds. The molecule has 1 rings (SSSR count). The summed E-state index contributed by atoms with van der Waals surface area (Å²) in [5.41, 5.74) is 0.0451. The average Bonchev–Trinajstić information content (AvgIpc) is 2.29. The van der Waals surface area contributed by atoms with E-state index in [0.29, 0.717) is 0 Å². The maximum atomic E-state index is 13.3. The van der Waals surface area contributed by atoms with Crippen LogP contribution in [0.15, 0.2) is 18.2 Å². The fraction of sp³-hybridized carbons (Fsp3) is 0.273. The highest BCUT2D eigenvalue weighted by Gasteiger charge is 2.25. The van der Waals surface area contributed by atoms with E-state index in [1.807, 2.05) is 0 Å². The summed E-state index contributed by atoms with van der Waals surface area (Å²) in [4.78, 5) is 22.5.